The Bertz CT molecular complexity index is 245. The maximum absolute atomic E-state index is 4.35. The molecular weight excluding hydrogens is 180 g/mol. The van der Waals surface area contributed by atoms with Crippen LogP contribution in [0.1, 0.15) is 37.1 Å². The van der Waals surface area contributed by atoms with Gasteiger partial charge in [0.25, 0.3) is 0 Å². The van der Waals surface area contributed by atoms with Crippen molar-refractivity contribution in [2.24, 2.45) is 0 Å². The molecule has 0 radical (unpaired) electrons. The minimum atomic E-state index is 0.592. The minimum absolute atomic E-state index is 0.592. The predicted octanol–water partition coefficient (Wildman–Crippen LogP) is 2.59. The van der Waals surface area contributed by atoms with Gasteiger partial charge in [0.15, 0.2) is 0 Å². The van der Waals surface area contributed by atoms with Gasteiger partial charge in [-0.15, -0.1) is 11.3 Å². The largest absolute Gasteiger partial charge is 0.308 e. The number of aryl methyl sites for hydroxylation is 1. The number of hydrogen-bond donors (Lipinski definition) is 1. The summed E-state index contributed by atoms with van der Waals surface area (Å²) < 4.78 is 0. The highest BCUT2D eigenvalue weighted by Gasteiger charge is 2.02. The Morgan fingerprint density at radius 2 is 2.31 bits per heavy atom. The zero-order valence-corrected chi connectivity index (χ0v) is 9.45. The van der Waals surface area contributed by atoms with Crippen molar-refractivity contribution in [1.29, 1.82) is 0 Å². The maximum atomic E-state index is 4.35. The summed E-state index contributed by atoms with van der Waals surface area (Å²) >= 11 is 1.81. The second-order valence-electron chi connectivity index (χ2n) is 3.26. The van der Waals surface area contributed by atoms with Gasteiger partial charge >= 0.3 is 0 Å². The fraction of sp³-hybridized carbons (Fsp3) is 0.700. The van der Waals surface area contributed by atoms with Gasteiger partial charge in [0.2, 0.25) is 0 Å². The first-order chi connectivity index (χ1) is 6.26. The summed E-state index contributed by atoms with van der Waals surface area (Å²) in [6.45, 7) is 7.48. The summed E-state index contributed by atoms with van der Waals surface area (Å²) in [6.07, 6.45) is 4.26. The average Bonchev–Trinajstić information content (AvgIpc) is 2.61. The maximum Gasteiger partial charge on any atom is 0.107 e. The molecule has 0 amide bonds. The Hall–Kier alpha value is -0.410. The highest BCUT2D eigenvalue weighted by atomic mass is 32.1. The van der Waals surface area contributed by atoms with E-state index >= 15 is 0 Å². The highest BCUT2D eigenvalue weighted by molar-refractivity contribution is 7.11. The van der Waals surface area contributed by atoms with E-state index in [-0.39, 0.29) is 0 Å². The van der Waals surface area contributed by atoms with Crippen molar-refractivity contribution in [3.8, 4) is 0 Å². The number of aromatic nitrogens is 1. The number of thiazole rings is 1. The van der Waals surface area contributed by atoms with E-state index in [4.69, 9.17) is 0 Å². The summed E-state index contributed by atoms with van der Waals surface area (Å²) in [5, 5.41) is 4.64. The molecule has 0 saturated carbocycles. The molecule has 0 fully saturated rings. The van der Waals surface area contributed by atoms with Crippen LogP contribution in [0.25, 0.3) is 0 Å². The van der Waals surface area contributed by atoms with E-state index in [0.717, 1.165) is 13.0 Å². The predicted molar refractivity (Wildman–Crippen MR) is 58.1 cm³/mol. The van der Waals surface area contributed by atoms with E-state index < -0.39 is 0 Å². The first kappa shape index (κ1) is 10.7. The number of nitrogens with zero attached hydrogens (tertiary/aromatic N) is 1. The van der Waals surface area contributed by atoms with Gasteiger partial charge in [0, 0.05) is 23.7 Å². The fourth-order valence-electron chi connectivity index (χ4n) is 0.999. The van der Waals surface area contributed by atoms with Gasteiger partial charge in [0.1, 0.15) is 5.01 Å². The van der Waals surface area contributed by atoms with E-state index in [1.54, 1.807) is 0 Å². The zero-order valence-electron chi connectivity index (χ0n) is 8.63. The standard InChI is InChI=1S/C10H18N2S/c1-4-8(3)11-7-10-12-6-9(5-2)13-10/h6,8,11H,4-5,7H2,1-3H3. The Balaban J connectivity index is 2.36. The van der Waals surface area contributed by atoms with Crippen LogP contribution in [0.5, 0.6) is 0 Å². The molecule has 0 saturated heterocycles. The van der Waals surface area contributed by atoms with Crippen LogP contribution < -0.4 is 5.32 Å². The van der Waals surface area contributed by atoms with Crippen LogP contribution in [0, 0.1) is 0 Å². The van der Waals surface area contributed by atoms with E-state index in [2.05, 4.69) is 31.1 Å². The Labute approximate surface area is 84.4 Å². The molecule has 0 aliphatic carbocycles. The Morgan fingerprint density at radius 1 is 1.54 bits per heavy atom. The van der Waals surface area contributed by atoms with Crippen LogP contribution in [0.15, 0.2) is 6.20 Å². The van der Waals surface area contributed by atoms with Crippen molar-refractivity contribution in [3.63, 3.8) is 0 Å². The molecule has 1 N–H and O–H groups in total. The molecule has 0 aliphatic rings. The first-order valence-electron chi connectivity index (χ1n) is 4.93. The van der Waals surface area contributed by atoms with Gasteiger partial charge in [-0.3, -0.25) is 0 Å². The van der Waals surface area contributed by atoms with Crippen LogP contribution in [-0.4, -0.2) is 11.0 Å². The second-order valence-corrected chi connectivity index (χ2v) is 4.46. The molecule has 1 aromatic rings. The molecular formula is C10H18N2S. The molecule has 74 valence electrons. The molecule has 1 aromatic heterocycles. The molecule has 0 aliphatic heterocycles. The van der Waals surface area contributed by atoms with Crippen molar-refractivity contribution in [2.45, 2.75) is 46.2 Å². The van der Waals surface area contributed by atoms with Crippen LogP contribution >= 0.6 is 11.3 Å². The lowest BCUT2D eigenvalue weighted by atomic mass is 10.3. The molecule has 13 heavy (non-hydrogen) atoms. The topological polar surface area (TPSA) is 24.9 Å². The summed E-state index contributed by atoms with van der Waals surface area (Å²) in [5.41, 5.74) is 0. The van der Waals surface area contributed by atoms with Crippen molar-refractivity contribution in [3.05, 3.63) is 16.1 Å². The van der Waals surface area contributed by atoms with Crippen LogP contribution in [0.2, 0.25) is 0 Å². The van der Waals surface area contributed by atoms with Gasteiger partial charge in [-0.25, -0.2) is 4.98 Å². The lowest BCUT2D eigenvalue weighted by molar-refractivity contribution is 0.533. The van der Waals surface area contributed by atoms with Crippen molar-refractivity contribution in [2.75, 3.05) is 0 Å². The fourth-order valence-corrected chi connectivity index (χ4v) is 1.81. The SMILES string of the molecule is CCc1cnc(CNC(C)CC)s1. The molecule has 0 spiro atoms. The van der Waals surface area contributed by atoms with E-state index in [1.807, 2.05) is 17.5 Å². The third-order valence-electron chi connectivity index (χ3n) is 2.16. The number of hydrogen-bond acceptors (Lipinski definition) is 3. The van der Waals surface area contributed by atoms with Crippen molar-refractivity contribution >= 4 is 11.3 Å². The van der Waals surface area contributed by atoms with Gasteiger partial charge in [0.05, 0.1) is 0 Å². The lowest BCUT2D eigenvalue weighted by Gasteiger charge is -2.08. The monoisotopic (exact) mass is 198 g/mol. The van der Waals surface area contributed by atoms with Gasteiger partial charge in [-0.2, -0.15) is 0 Å². The van der Waals surface area contributed by atoms with Crippen molar-refractivity contribution in [1.82, 2.24) is 10.3 Å². The molecule has 1 rings (SSSR count). The smallest absolute Gasteiger partial charge is 0.107 e. The van der Waals surface area contributed by atoms with Crippen LogP contribution in [0.4, 0.5) is 0 Å². The second kappa shape index (κ2) is 5.35. The summed E-state index contributed by atoms with van der Waals surface area (Å²) in [6, 6.07) is 0.592. The van der Waals surface area contributed by atoms with E-state index in [9.17, 15) is 0 Å². The average molecular weight is 198 g/mol. The minimum Gasteiger partial charge on any atom is -0.308 e. The van der Waals surface area contributed by atoms with Crippen LogP contribution in [0.3, 0.4) is 0 Å². The van der Waals surface area contributed by atoms with Gasteiger partial charge in [-0.05, 0) is 19.8 Å². The highest BCUT2D eigenvalue weighted by Crippen LogP contribution is 2.13. The van der Waals surface area contributed by atoms with Crippen molar-refractivity contribution < 1.29 is 0 Å². The summed E-state index contributed by atoms with van der Waals surface area (Å²) in [7, 11) is 0. The van der Waals surface area contributed by atoms with E-state index in [1.165, 1.54) is 16.3 Å². The van der Waals surface area contributed by atoms with Gasteiger partial charge < -0.3 is 5.32 Å². The molecule has 1 unspecified atom stereocenters. The molecule has 0 bridgehead atoms. The summed E-state index contributed by atoms with van der Waals surface area (Å²) in [5.74, 6) is 0. The Morgan fingerprint density at radius 3 is 2.85 bits per heavy atom. The Kier molecular flexibility index (Phi) is 4.39. The first-order valence-corrected chi connectivity index (χ1v) is 5.74. The number of nitrogens with one attached hydrogen (secondary N) is 1. The number of rotatable bonds is 5. The summed E-state index contributed by atoms with van der Waals surface area (Å²) in [4.78, 5) is 5.73. The van der Waals surface area contributed by atoms with Gasteiger partial charge in [-0.1, -0.05) is 13.8 Å². The quantitative estimate of drug-likeness (QED) is 0.786. The zero-order chi connectivity index (χ0) is 9.68. The lowest BCUT2D eigenvalue weighted by Crippen LogP contribution is -2.24. The molecule has 1 atom stereocenters. The molecule has 3 heteroatoms. The molecule has 1 heterocycles. The molecule has 2 nitrogen and oxygen atoms in total. The third-order valence-corrected chi connectivity index (χ3v) is 3.31. The van der Waals surface area contributed by atoms with Crippen LogP contribution in [-0.2, 0) is 13.0 Å². The molecule has 0 aromatic carbocycles. The normalized spacial score (nSPS) is 13.2. The third kappa shape index (κ3) is 3.44. The van der Waals surface area contributed by atoms with E-state index in [0.29, 0.717) is 6.04 Å².